The fourth-order valence-electron chi connectivity index (χ4n) is 2.41. The minimum Gasteiger partial charge on any atom is -0.465 e. The van der Waals surface area contributed by atoms with E-state index in [1.165, 1.54) is 0 Å². The van der Waals surface area contributed by atoms with Crippen molar-refractivity contribution in [3.8, 4) is 0 Å². The molecule has 1 aliphatic rings. The second-order valence-electron chi connectivity index (χ2n) is 5.47. The molecule has 0 N–H and O–H groups in total. The molecule has 0 radical (unpaired) electrons. The van der Waals surface area contributed by atoms with E-state index in [4.69, 9.17) is 28.4 Å². The predicted octanol–water partition coefficient (Wildman–Crippen LogP) is 0.959. The largest absolute Gasteiger partial charge is 0.465 e. The van der Waals surface area contributed by atoms with Crippen LogP contribution in [0.25, 0.3) is 0 Å². The Balaban J connectivity index is 2.83. The molecule has 1 saturated heterocycles. The first-order valence-electron chi connectivity index (χ1n) is 8.82. The van der Waals surface area contributed by atoms with Crippen molar-refractivity contribution in [2.75, 3.05) is 66.1 Å². The van der Waals surface area contributed by atoms with Crippen molar-refractivity contribution in [2.24, 2.45) is 5.41 Å². The Bertz CT molecular complexity index is 349. The summed E-state index contributed by atoms with van der Waals surface area (Å²) in [4.78, 5) is 25.1. The summed E-state index contributed by atoms with van der Waals surface area (Å²) in [5.41, 5.74) is -1.42. The molecule has 25 heavy (non-hydrogen) atoms. The Morgan fingerprint density at radius 2 is 1.00 bits per heavy atom. The van der Waals surface area contributed by atoms with Gasteiger partial charge in [-0.05, 0) is 26.7 Å². The molecule has 1 aliphatic heterocycles. The third-order valence-corrected chi connectivity index (χ3v) is 3.79. The van der Waals surface area contributed by atoms with Crippen LogP contribution < -0.4 is 0 Å². The van der Waals surface area contributed by atoms with E-state index in [-0.39, 0.29) is 39.3 Å². The van der Waals surface area contributed by atoms with Gasteiger partial charge in [-0.3, -0.25) is 9.59 Å². The van der Waals surface area contributed by atoms with Gasteiger partial charge in [0.2, 0.25) is 0 Å². The molecular formula is C17H30O8. The van der Waals surface area contributed by atoms with Crippen LogP contribution in [0.2, 0.25) is 0 Å². The number of hydrogen-bond donors (Lipinski definition) is 0. The highest BCUT2D eigenvalue weighted by Crippen LogP contribution is 2.31. The van der Waals surface area contributed by atoms with Crippen molar-refractivity contribution in [2.45, 2.75) is 26.7 Å². The van der Waals surface area contributed by atoms with E-state index in [2.05, 4.69) is 0 Å². The average Bonchev–Trinajstić information content (AvgIpc) is 2.60. The van der Waals surface area contributed by atoms with Gasteiger partial charge in [0.25, 0.3) is 0 Å². The summed E-state index contributed by atoms with van der Waals surface area (Å²) in [5, 5.41) is 0. The van der Waals surface area contributed by atoms with E-state index < -0.39 is 17.4 Å². The Labute approximate surface area is 149 Å². The molecule has 0 unspecified atom stereocenters. The second-order valence-corrected chi connectivity index (χ2v) is 5.47. The molecule has 8 heteroatoms. The number of carbonyl (C=O) groups excluding carboxylic acids is 2. The summed E-state index contributed by atoms with van der Waals surface area (Å²) in [6, 6.07) is 0. The molecule has 0 spiro atoms. The summed E-state index contributed by atoms with van der Waals surface area (Å²) in [6.07, 6.45) is 0.342. The Morgan fingerprint density at radius 1 is 0.680 bits per heavy atom. The SMILES string of the molecule is CCOC(=O)C1(C(=O)OCC)CCOCCOCCOCCOCC1. The van der Waals surface area contributed by atoms with Crippen molar-refractivity contribution in [1.29, 1.82) is 0 Å². The summed E-state index contributed by atoms with van der Waals surface area (Å²) < 4.78 is 32.0. The van der Waals surface area contributed by atoms with Crippen LogP contribution in [0, 0.1) is 5.41 Å². The molecule has 0 bridgehead atoms. The molecular weight excluding hydrogens is 332 g/mol. The second kappa shape index (κ2) is 13.0. The highest BCUT2D eigenvalue weighted by atomic mass is 16.6. The van der Waals surface area contributed by atoms with Gasteiger partial charge < -0.3 is 28.4 Å². The minimum atomic E-state index is -1.42. The number of carbonyl (C=O) groups is 2. The number of hydrogen-bond acceptors (Lipinski definition) is 8. The van der Waals surface area contributed by atoms with Gasteiger partial charge >= 0.3 is 11.9 Å². The first-order chi connectivity index (χ1) is 12.2. The average molecular weight is 362 g/mol. The van der Waals surface area contributed by atoms with Crippen LogP contribution >= 0.6 is 0 Å². The first kappa shape index (κ1) is 21.8. The van der Waals surface area contributed by atoms with Gasteiger partial charge in [-0.15, -0.1) is 0 Å². The third kappa shape index (κ3) is 7.68. The maximum absolute atomic E-state index is 12.5. The topological polar surface area (TPSA) is 89.5 Å². The van der Waals surface area contributed by atoms with E-state index in [1.54, 1.807) is 13.8 Å². The van der Waals surface area contributed by atoms with Crippen molar-refractivity contribution in [3.63, 3.8) is 0 Å². The molecule has 1 heterocycles. The van der Waals surface area contributed by atoms with Crippen LogP contribution in [0.5, 0.6) is 0 Å². The van der Waals surface area contributed by atoms with Gasteiger partial charge in [0.1, 0.15) is 0 Å². The molecule has 1 fully saturated rings. The summed E-state index contributed by atoms with van der Waals surface area (Å²) >= 11 is 0. The van der Waals surface area contributed by atoms with Crippen LogP contribution in [-0.4, -0.2) is 78.0 Å². The van der Waals surface area contributed by atoms with Crippen molar-refractivity contribution in [1.82, 2.24) is 0 Å². The van der Waals surface area contributed by atoms with Crippen LogP contribution in [-0.2, 0) is 38.0 Å². The van der Waals surface area contributed by atoms with Crippen LogP contribution in [0.3, 0.4) is 0 Å². The Kier molecular flexibility index (Phi) is 11.4. The van der Waals surface area contributed by atoms with E-state index in [9.17, 15) is 9.59 Å². The quantitative estimate of drug-likeness (QED) is 0.540. The maximum Gasteiger partial charge on any atom is 0.323 e. The van der Waals surface area contributed by atoms with E-state index >= 15 is 0 Å². The van der Waals surface area contributed by atoms with Gasteiger partial charge in [-0.1, -0.05) is 0 Å². The van der Waals surface area contributed by atoms with Crippen molar-refractivity contribution in [3.05, 3.63) is 0 Å². The van der Waals surface area contributed by atoms with Crippen LogP contribution in [0.15, 0.2) is 0 Å². The predicted molar refractivity (Wildman–Crippen MR) is 88.2 cm³/mol. The Morgan fingerprint density at radius 3 is 1.32 bits per heavy atom. The molecule has 0 aromatic heterocycles. The van der Waals surface area contributed by atoms with E-state index in [0.717, 1.165) is 0 Å². The van der Waals surface area contributed by atoms with Gasteiger partial charge in [-0.25, -0.2) is 0 Å². The summed E-state index contributed by atoms with van der Waals surface area (Å²) in [5.74, 6) is -1.20. The molecule has 8 nitrogen and oxygen atoms in total. The zero-order valence-electron chi connectivity index (χ0n) is 15.3. The highest BCUT2D eigenvalue weighted by Gasteiger charge is 2.48. The molecule has 0 saturated carbocycles. The molecule has 0 aliphatic carbocycles. The maximum atomic E-state index is 12.5. The zero-order valence-corrected chi connectivity index (χ0v) is 15.3. The fraction of sp³-hybridized carbons (Fsp3) is 0.882. The molecule has 0 aromatic carbocycles. The molecule has 0 atom stereocenters. The van der Waals surface area contributed by atoms with Crippen molar-refractivity contribution >= 4 is 11.9 Å². The monoisotopic (exact) mass is 362 g/mol. The number of ether oxygens (including phenoxy) is 6. The molecule has 0 amide bonds. The molecule has 0 aromatic rings. The number of rotatable bonds is 4. The molecule has 1 rings (SSSR count). The highest BCUT2D eigenvalue weighted by molar-refractivity contribution is 6.00. The van der Waals surface area contributed by atoms with Gasteiger partial charge in [0, 0.05) is 13.2 Å². The standard InChI is InChI=1S/C17H30O8/c1-3-24-15(18)17(16(19)25-4-2)5-7-20-9-11-22-13-14-23-12-10-21-8-6-17/h3-14H2,1-2H3. The van der Waals surface area contributed by atoms with E-state index in [1.807, 2.05) is 0 Å². The Hall–Kier alpha value is -1.22. The smallest absolute Gasteiger partial charge is 0.323 e. The first-order valence-corrected chi connectivity index (χ1v) is 8.82. The van der Waals surface area contributed by atoms with Gasteiger partial charge in [-0.2, -0.15) is 0 Å². The zero-order chi connectivity index (χ0) is 18.4. The molecule has 146 valence electrons. The number of esters is 2. The fourth-order valence-corrected chi connectivity index (χ4v) is 2.41. The summed E-state index contributed by atoms with van der Waals surface area (Å²) in [7, 11) is 0. The lowest BCUT2D eigenvalue weighted by molar-refractivity contribution is -0.175. The third-order valence-electron chi connectivity index (χ3n) is 3.79. The van der Waals surface area contributed by atoms with Crippen LogP contribution in [0.1, 0.15) is 26.7 Å². The van der Waals surface area contributed by atoms with Crippen molar-refractivity contribution < 1.29 is 38.0 Å². The lowest BCUT2D eigenvalue weighted by atomic mass is 9.81. The normalized spacial score (nSPS) is 20.7. The minimum absolute atomic E-state index is 0.171. The van der Waals surface area contributed by atoms with Gasteiger partial charge in [0.05, 0.1) is 52.9 Å². The van der Waals surface area contributed by atoms with Gasteiger partial charge in [0.15, 0.2) is 5.41 Å². The summed E-state index contributed by atoms with van der Waals surface area (Å²) in [6.45, 7) is 6.77. The van der Waals surface area contributed by atoms with E-state index in [0.29, 0.717) is 39.6 Å². The lowest BCUT2D eigenvalue weighted by Gasteiger charge is -2.29. The lowest BCUT2D eigenvalue weighted by Crippen LogP contribution is -2.44. The van der Waals surface area contributed by atoms with Crippen LogP contribution in [0.4, 0.5) is 0 Å².